The average molecular weight is 363 g/mol. The number of rotatable bonds is 3. The van der Waals surface area contributed by atoms with Crippen LogP contribution >= 0.6 is 0 Å². The SMILES string of the molecule is C[C@H]1CCC=C2C[C@H]3OC(=O)[C@@H](C[NH+](C)C4CCCCC4)[C@H]3[C@H](O)[C@@]21C. The second-order valence-electron chi connectivity index (χ2n) is 9.68. The molecule has 0 radical (unpaired) electrons. The van der Waals surface area contributed by atoms with E-state index in [1.54, 1.807) is 0 Å². The standard InChI is InChI=1S/C22H35NO3/c1-14-8-7-9-15-12-18-19(20(24)22(14,15)2)17(21(25)26-18)13-23(3)16-10-5-4-6-11-16/h9,14,16-20,24H,4-8,10-13H2,1-3H3/p+1/t14-,17-,18+,19+,20-,22+/m0/s1. The van der Waals surface area contributed by atoms with Crippen molar-refractivity contribution in [2.75, 3.05) is 13.6 Å². The molecule has 0 amide bonds. The first kappa shape index (κ1) is 18.5. The molecule has 146 valence electrons. The summed E-state index contributed by atoms with van der Waals surface area (Å²) in [6.07, 6.45) is 11.3. The summed E-state index contributed by atoms with van der Waals surface area (Å²) in [5.74, 6) is 0.205. The molecule has 3 aliphatic carbocycles. The van der Waals surface area contributed by atoms with Crippen LogP contribution in [0.2, 0.25) is 0 Å². The second-order valence-corrected chi connectivity index (χ2v) is 9.68. The lowest BCUT2D eigenvalue weighted by Gasteiger charge is -2.51. The number of fused-ring (bicyclic) bond motifs is 2. The summed E-state index contributed by atoms with van der Waals surface area (Å²) in [6, 6.07) is 0.663. The Morgan fingerprint density at radius 2 is 2.00 bits per heavy atom. The minimum atomic E-state index is -0.474. The number of carbonyl (C=O) groups excluding carboxylic acids is 1. The van der Waals surface area contributed by atoms with Gasteiger partial charge in [-0.3, -0.25) is 4.79 Å². The van der Waals surface area contributed by atoms with Gasteiger partial charge in [-0.2, -0.15) is 0 Å². The first-order chi connectivity index (χ1) is 12.4. The van der Waals surface area contributed by atoms with Crippen molar-refractivity contribution < 1.29 is 19.5 Å². The predicted octanol–water partition coefficient (Wildman–Crippen LogP) is 2.12. The number of quaternary nitrogens is 1. The van der Waals surface area contributed by atoms with E-state index in [4.69, 9.17) is 4.74 Å². The van der Waals surface area contributed by atoms with Crippen molar-refractivity contribution in [2.45, 2.75) is 83.5 Å². The van der Waals surface area contributed by atoms with Crippen LogP contribution in [0.1, 0.15) is 65.2 Å². The Morgan fingerprint density at radius 1 is 1.27 bits per heavy atom. The molecule has 4 nitrogen and oxygen atoms in total. The highest BCUT2D eigenvalue weighted by atomic mass is 16.6. The normalized spacial score (nSPS) is 44.7. The summed E-state index contributed by atoms with van der Waals surface area (Å²) in [4.78, 5) is 14.2. The van der Waals surface area contributed by atoms with Crippen LogP contribution < -0.4 is 4.90 Å². The van der Waals surface area contributed by atoms with Gasteiger partial charge in [-0.25, -0.2) is 0 Å². The number of aliphatic hydroxyl groups is 1. The van der Waals surface area contributed by atoms with Crippen molar-refractivity contribution in [3.05, 3.63) is 11.6 Å². The molecule has 0 aromatic carbocycles. The van der Waals surface area contributed by atoms with E-state index in [9.17, 15) is 9.90 Å². The lowest BCUT2D eigenvalue weighted by molar-refractivity contribution is -0.910. The van der Waals surface area contributed by atoms with Crippen LogP contribution in [-0.4, -0.2) is 42.9 Å². The molecule has 1 aliphatic heterocycles. The maximum atomic E-state index is 12.7. The van der Waals surface area contributed by atoms with Gasteiger partial charge in [0.05, 0.1) is 25.7 Å². The summed E-state index contributed by atoms with van der Waals surface area (Å²) in [6.45, 7) is 5.30. The molecule has 4 heteroatoms. The predicted molar refractivity (Wildman–Crippen MR) is 101 cm³/mol. The highest BCUT2D eigenvalue weighted by molar-refractivity contribution is 5.76. The fourth-order valence-corrected chi connectivity index (χ4v) is 6.41. The maximum absolute atomic E-state index is 12.7. The van der Waals surface area contributed by atoms with E-state index in [-0.39, 0.29) is 29.3 Å². The van der Waals surface area contributed by atoms with E-state index in [0.717, 1.165) is 25.8 Å². The number of nitrogens with one attached hydrogen (secondary N) is 1. The van der Waals surface area contributed by atoms with Crippen molar-refractivity contribution in [3.8, 4) is 0 Å². The molecular formula is C22H36NO3+. The Labute approximate surface area is 158 Å². The summed E-state index contributed by atoms with van der Waals surface area (Å²) in [7, 11) is 2.24. The molecule has 1 unspecified atom stereocenters. The van der Waals surface area contributed by atoms with Crippen LogP contribution in [0.4, 0.5) is 0 Å². The summed E-state index contributed by atoms with van der Waals surface area (Å²) < 4.78 is 5.81. The minimum absolute atomic E-state index is 0.0382. The van der Waals surface area contributed by atoms with Gasteiger partial charge in [-0.15, -0.1) is 0 Å². The Bertz CT molecular complexity index is 582. The third kappa shape index (κ3) is 2.84. The number of allylic oxidation sites excluding steroid dienone is 1. The van der Waals surface area contributed by atoms with Gasteiger partial charge in [0.15, 0.2) is 0 Å². The lowest BCUT2D eigenvalue weighted by Crippen LogP contribution is -3.14. The minimum Gasteiger partial charge on any atom is -0.461 e. The summed E-state index contributed by atoms with van der Waals surface area (Å²) >= 11 is 0. The van der Waals surface area contributed by atoms with Gasteiger partial charge < -0.3 is 14.7 Å². The molecule has 4 rings (SSSR count). The summed E-state index contributed by atoms with van der Waals surface area (Å²) in [5.41, 5.74) is 1.14. The quantitative estimate of drug-likeness (QED) is 0.597. The number of carbonyl (C=O) groups is 1. The van der Waals surface area contributed by atoms with Crippen molar-refractivity contribution in [2.24, 2.45) is 23.2 Å². The van der Waals surface area contributed by atoms with Crippen LogP contribution in [0, 0.1) is 23.2 Å². The molecular weight excluding hydrogens is 326 g/mol. The van der Waals surface area contributed by atoms with Crippen LogP contribution in [0.5, 0.6) is 0 Å². The number of aliphatic hydroxyl groups excluding tert-OH is 1. The molecule has 2 saturated carbocycles. The van der Waals surface area contributed by atoms with Gasteiger partial charge in [0, 0.05) is 17.8 Å². The smallest absolute Gasteiger partial charge is 0.315 e. The van der Waals surface area contributed by atoms with Gasteiger partial charge in [0.25, 0.3) is 0 Å². The molecule has 0 aromatic rings. The molecule has 0 bridgehead atoms. The van der Waals surface area contributed by atoms with Gasteiger partial charge >= 0.3 is 5.97 Å². The Hall–Kier alpha value is -0.870. The van der Waals surface area contributed by atoms with Crippen LogP contribution in [0.25, 0.3) is 0 Å². The number of esters is 1. The molecule has 1 saturated heterocycles. The average Bonchev–Trinajstić information content (AvgIpc) is 2.94. The molecule has 7 atom stereocenters. The van der Waals surface area contributed by atoms with Crippen LogP contribution in [0.3, 0.4) is 0 Å². The largest absolute Gasteiger partial charge is 0.461 e. The van der Waals surface area contributed by atoms with Crippen LogP contribution in [-0.2, 0) is 9.53 Å². The van der Waals surface area contributed by atoms with Gasteiger partial charge in [-0.1, -0.05) is 31.9 Å². The highest BCUT2D eigenvalue weighted by Gasteiger charge is 2.60. The monoisotopic (exact) mass is 362 g/mol. The van der Waals surface area contributed by atoms with Gasteiger partial charge in [-0.05, 0) is 44.4 Å². The first-order valence-electron chi connectivity index (χ1n) is 10.8. The van der Waals surface area contributed by atoms with E-state index >= 15 is 0 Å². The fourth-order valence-electron chi connectivity index (χ4n) is 6.41. The zero-order valence-electron chi connectivity index (χ0n) is 16.7. The van der Waals surface area contributed by atoms with E-state index in [1.807, 2.05) is 0 Å². The second kappa shape index (κ2) is 6.94. The highest BCUT2D eigenvalue weighted by Crippen LogP contribution is 2.55. The van der Waals surface area contributed by atoms with Crippen molar-refractivity contribution >= 4 is 5.97 Å². The zero-order chi connectivity index (χ0) is 18.5. The number of hydrogen-bond donors (Lipinski definition) is 2. The third-order valence-electron chi connectivity index (χ3n) is 8.41. The molecule has 1 heterocycles. The van der Waals surface area contributed by atoms with Crippen molar-refractivity contribution in [1.29, 1.82) is 0 Å². The molecule has 0 aromatic heterocycles. The van der Waals surface area contributed by atoms with E-state index < -0.39 is 6.10 Å². The van der Waals surface area contributed by atoms with E-state index in [2.05, 4.69) is 27.0 Å². The van der Waals surface area contributed by atoms with Crippen molar-refractivity contribution in [3.63, 3.8) is 0 Å². The zero-order valence-corrected chi connectivity index (χ0v) is 16.7. The Kier molecular flexibility index (Phi) is 4.94. The van der Waals surface area contributed by atoms with Crippen molar-refractivity contribution in [1.82, 2.24) is 0 Å². The fraction of sp³-hybridized carbons (Fsp3) is 0.864. The molecule has 3 fully saturated rings. The van der Waals surface area contributed by atoms with Crippen LogP contribution in [0.15, 0.2) is 11.6 Å². The summed E-state index contributed by atoms with van der Waals surface area (Å²) in [5, 5.41) is 11.4. The van der Waals surface area contributed by atoms with E-state index in [0.29, 0.717) is 12.0 Å². The third-order valence-corrected chi connectivity index (χ3v) is 8.41. The topological polar surface area (TPSA) is 51.0 Å². The maximum Gasteiger partial charge on any atom is 0.315 e. The molecule has 2 N–H and O–H groups in total. The van der Waals surface area contributed by atoms with Gasteiger partial charge in [0.2, 0.25) is 0 Å². The van der Waals surface area contributed by atoms with Gasteiger partial charge in [0.1, 0.15) is 12.0 Å². The lowest BCUT2D eigenvalue weighted by atomic mass is 9.55. The Morgan fingerprint density at radius 3 is 2.73 bits per heavy atom. The number of hydrogen-bond acceptors (Lipinski definition) is 3. The molecule has 26 heavy (non-hydrogen) atoms. The number of ether oxygens (including phenoxy) is 1. The Balaban J connectivity index is 1.55. The van der Waals surface area contributed by atoms with E-state index in [1.165, 1.54) is 42.6 Å². The molecule has 4 aliphatic rings. The first-order valence-corrected chi connectivity index (χ1v) is 10.8. The molecule has 0 spiro atoms.